The number of nitriles is 1. The highest BCUT2D eigenvalue weighted by atomic mass is 31.2. The zero-order valence-corrected chi connectivity index (χ0v) is 22.4. The molecule has 12 heteroatoms. The second-order valence-electron chi connectivity index (χ2n) is 9.14. The van der Waals surface area contributed by atoms with Crippen LogP contribution < -0.4 is 5.32 Å². The van der Waals surface area contributed by atoms with Crippen LogP contribution in [-0.4, -0.2) is 65.0 Å². The van der Waals surface area contributed by atoms with Gasteiger partial charge in [-0.15, -0.1) is 0 Å². The molecule has 3 aliphatic heterocycles. The van der Waals surface area contributed by atoms with Gasteiger partial charge in [0.2, 0.25) is 17.7 Å². The minimum Gasteiger partial charge on any atom is -0.359 e. The van der Waals surface area contributed by atoms with E-state index in [0.29, 0.717) is 19.4 Å². The van der Waals surface area contributed by atoms with Gasteiger partial charge in [0.15, 0.2) is 0 Å². The zero-order valence-electron chi connectivity index (χ0n) is 21.5. The number of carbonyl (C=O) groups excluding carboxylic acids is 3. The maximum Gasteiger partial charge on any atom is 0.472 e. The third-order valence-electron chi connectivity index (χ3n) is 6.50. The van der Waals surface area contributed by atoms with Gasteiger partial charge in [-0.25, -0.2) is 4.57 Å². The first-order valence-corrected chi connectivity index (χ1v) is 14.0. The second kappa shape index (κ2) is 12.9. The molecule has 3 rings (SSSR count). The molecular formula is C24H38N3O8P. The number of phosphoric ester groups is 1. The Morgan fingerprint density at radius 3 is 2.25 bits per heavy atom. The van der Waals surface area contributed by atoms with Crippen molar-refractivity contribution in [2.75, 3.05) is 26.3 Å². The summed E-state index contributed by atoms with van der Waals surface area (Å²) in [5, 5.41) is 11.2. The van der Waals surface area contributed by atoms with Crippen LogP contribution in [0.5, 0.6) is 0 Å². The first-order chi connectivity index (χ1) is 17.0. The van der Waals surface area contributed by atoms with Gasteiger partial charge < -0.3 is 14.9 Å². The number of unbranched alkanes of at least 4 members (excludes halogenated alkanes) is 3. The van der Waals surface area contributed by atoms with Crippen LogP contribution >= 0.6 is 7.82 Å². The molecule has 0 saturated carbocycles. The molecule has 0 aromatic heterocycles. The summed E-state index contributed by atoms with van der Waals surface area (Å²) in [7, 11) is -4.11. The molecule has 0 aromatic rings. The van der Waals surface area contributed by atoms with E-state index in [0.717, 1.165) is 12.8 Å². The molecule has 36 heavy (non-hydrogen) atoms. The molecule has 5 atom stereocenters. The highest BCUT2D eigenvalue weighted by Crippen LogP contribution is 2.56. The van der Waals surface area contributed by atoms with Gasteiger partial charge in [0.25, 0.3) is 0 Å². The number of carbonyl (C=O) groups is 3. The van der Waals surface area contributed by atoms with E-state index < -0.39 is 30.9 Å². The Kier molecular flexibility index (Phi) is 10.8. The van der Waals surface area contributed by atoms with Crippen molar-refractivity contribution in [2.45, 2.75) is 77.4 Å². The fourth-order valence-electron chi connectivity index (χ4n) is 4.84. The van der Waals surface area contributed by atoms with E-state index in [2.05, 4.69) is 9.84 Å². The minimum absolute atomic E-state index is 0.0105. The van der Waals surface area contributed by atoms with Crippen LogP contribution in [0, 0.1) is 23.2 Å². The first-order valence-electron chi connectivity index (χ1n) is 12.5. The van der Waals surface area contributed by atoms with Crippen LogP contribution in [0.4, 0.5) is 0 Å². The van der Waals surface area contributed by atoms with Crippen LogP contribution in [0.1, 0.15) is 66.2 Å². The number of ether oxygens (including phenoxy) is 1. The van der Waals surface area contributed by atoms with Crippen LogP contribution in [0.3, 0.4) is 0 Å². The fraction of sp³-hybridized carbons (Fsp3) is 0.750. The van der Waals surface area contributed by atoms with Gasteiger partial charge >= 0.3 is 7.82 Å². The molecule has 0 aromatic carbocycles. The van der Waals surface area contributed by atoms with Gasteiger partial charge in [-0.1, -0.05) is 38.8 Å². The number of rotatable bonds is 14. The lowest BCUT2D eigenvalue weighted by molar-refractivity contribution is -0.146. The summed E-state index contributed by atoms with van der Waals surface area (Å²) in [4.78, 5) is 48.5. The number of nitrogens with one attached hydrogen (secondary N) is 1. The van der Waals surface area contributed by atoms with Gasteiger partial charge in [0, 0.05) is 19.5 Å². The Morgan fingerprint density at radius 1 is 1.11 bits per heavy atom. The molecule has 2 N–H and O–H groups in total. The van der Waals surface area contributed by atoms with Gasteiger partial charge in [-0.3, -0.25) is 28.3 Å². The predicted molar refractivity (Wildman–Crippen MR) is 130 cm³/mol. The highest BCUT2D eigenvalue weighted by Gasteiger charge is 2.70. The number of phosphoric acid groups is 1. The molecular weight excluding hydrogens is 489 g/mol. The summed E-state index contributed by atoms with van der Waals surface area (Å²) in [6.07, 6.45) is 6.56. The smallest absolute Gasteiger partial charge is 0.359 e. The quantitative estimate of drug-likeness (QED) is 0.150. The first kappa shape index (κ1) is 30.1. The van der Waals surface area contributed by atoms with Crippen LogP contribution in [0.25, 0.3) is 0 Å². The maximum absolute atomic E-state index is 12.9. The summed E-state index contributed by atoms with van der Waals surface area (Å²) in [5.74, 6) is -1.85. The Labute approximate surface area is 212 Å². The van der Waals surface area contributed by atoms with E-state index >= 15 is 0 Å². The molecule has 2 fully saturated rings. The van der Waals surface area contributed by atoms with E-state index in [-0.39, 0.29) is 50.3 Å². The third kappa shape index (κ3) is 7.02. The monoisotopic (exact) mass is 527 g/mol. The molecule has 11 nitrogen and oxygen atoms in total. The number of fused-ring (bicyclic) bond motifs is 5. The van der Waals surface area contributed by atoms with Crippen molar-refractivity contribution in [2.24, 2.45) is 11.8 Å². The topological polar surface area (TPSA) is 155 Å². The molecule has 2 bridgehead atoms. The number of imide groups is 1. The summed E-state index contributed by atoms with van der Waals surface area (Å²) < 4.78 is 26.9. The molecule has 3 amide bonds. The fourth-order valence-corrected chi connectivity index (χ4v) is 5.60. The molecule has 0 radical (unpaired) electrons. The maximum atomic E-state index is 12.9. The Balaban J connectivity index is 0.00000222. The van der Waals surface area contributed by atoms with Crippen molar-refractivity contribution < 1.29 is 37.6 Å². The van der Waals surface area contributed by atoms with Crippen molar-refractivity contribution in [1.82, 2.24) is 10.2 Å². The van der Waals surface area contributed by atoms with Gasteiger partial charge in [0.05, 0.1) is 48.7 Å². The number of nitrogens with zero attached hydrogens (tertiary/aromatic N) is 2. The van der Waals surface area contributed by atoms with Crippen LogP contribution in [0.2, 0.25) is 0 Å². The van der Waals surface area contributed by atoms with Crippen molar-refractivity contribution in [3.8, 4) is 6.07 Å². The largest absolute Gasteiger partial charge is 0.472 e. The van der Waals surface area contributed by atoms with Gasteiger partial charge in [0.1, 0.15) is 0 Å². The molecule has 0 spiro atoms. The summed E-state index contributed by atoms with van der Waals surface area (Å²) >= 11 is 0. The van der Waals surface area contributed by atoms with E-state index in [9.17, 15) is 23.8 Å². The number of likely N-dealkylation sites (tertiary alicyclic amines) is 1. The van der Waals surface area contributed by atoms with Crippen LogP contribution in [0.15, 0.2) is 12.2 Å². The molecule has 0 aliphatic carbocycles. The highest BCUT2D eigenvalue weighted by molar-refractivity contribution is 7.47. The Bertz CT molecular complexity index is 899. The van der Waals surface area contributed by atoms with Crippen molar-refractivity contribution in [3.05, 3.63) is 12.2 Å². The third-order valence-corrected chi connectivity index (χ3v) is 7.51. The van der Waals surface area contributed by atoms with Crippen molar-refractivity contribution in [1.29, 1.82) is 5.26 Å². The van der Waals surface area contributed by atoms with E-state index in [1.54, 1.807) is 6.07 Å². The van der Waals surface area contributed by atoms with Gasteiger partial charge in [-0.05, 0) is 26.7 Å². The predicted octanol–water partition coefficient (Wildman–Crippen LogP) is 2.85. The zero-order chi connectivity index (χ0) is 27.0. The number of amides is 3. The number of hydrogen-bond acceptors (Lipinski definition) is 8. The van der Waals surface area contributed by atoms with E-state index in [1.807, 2.05) is 39.8 Å². The lowest BCUT2D eigenvalue weighted by Gasteiger charge is -2.25. The molecule has 202 valence electrons. The SMILES string of the molecule is CC.C[C@]12C=C[C@](C)(O1)[C@@H]1C(=O)N(CCC(=O)NCCCCCCOP(=O)(O)OCCC#N)C(=O)[C@@H]12. The normalized spacial score (nSPS) is 29.4. The van der Waals surface area contributed by atoms with Crippen molar-refractivity contribution >= 4 is 25.5 Å². The molecule has 1 unspecified atom stereocenters. The molecule has 2 saturated heterocycles. The van der Waals surface area contributed by atoms with Gasteiger partial charge in [-0.2, -0.15) is 5.26 Å². The lowest BCUT2D eigenvalue weighted by atomic mass is 9.73. The summed E-state index contributed by atoms with van der Waals surface area (Å²) in [6, 6.07) is 1.80. The minimum atomic E-state index is -4.11. The summed E-state index contributed by atoms with van der Waals surface area (Å²) in [5.41, 5.74) is -1.54. The molecule has 3 aliphatic rings. The summed E-state index contributed by atoms with van der Waals surface area (Å²) in [6.45, 7) is 8.05. The number of hydrogen-bond donors (Lipinski definition) is 2. The Morgan fingerprint density at radius 2 is 1.67 bits per heavy atom. The second-order valence-corrected chi connectivity index (χ2v) is 10.6. The van der Waals surface area contributed by atoms with Crippen molar-refractivity contribution in [3.63, 3.8) is 0 Å². The van der Waals surface area contributed by atoms with E-state index in [1.165, 1.54) is 4.90 Å². The van der Waals surface area contributed by atoms with E-state index in [4.69, 9.17) is 14.5 Å². The Hall–Kier alpha value is -2.09. The van der Waals surface area contributed by atoms with Crippen LogP contribution in [-0.2, 0) is 32.7 Å². The average Bonchev–Trinajstić information content (AvgIpc) is 3.38. The molecule has 3 heterocycles. The standard InChI is InChI=1S/C22H32N3O8P.C2H6/c1-21-9-10-22(2,33-21)18-17(21)19(27)25(20(18)28)13-8-16(26)24-12-5-3-4-6-14-31-34(29,30)32-15-7-11-23;1-2/h9-10,17-18H,3-8,12-15H2,1-2H3,(H,24,26)(H,29,30);1-2H3/t17-,18+,21-,22+;. The lowest BCUT2D eigenvalue weighted by Crippen LogP contribution is -2.41. The average molecular weight is 528 g/mol.